The van der Waals surface area contributed by atoms with Crippen LogP contribution in [0.15, 0.2) is 16.9 Å². The van der Waals surface area contributed by atoms with Crippen LogP contribution < -0.4 is 15.6 Å². The second-order valence-corrected chi connectivity index (χ2v) is 6.96. The summed E-state index contributed by atoms with van der Waals surface area (Å²) in [5.74, 6) is 0.629. The van der Waals surface area contributed by atoms with Crippen LogP contribution in [0, 0.1) is 6.92 Å². The van der Waals surface area contributed by atoms with E-state index in [0.717, 1.165) is 31.4 Å². The van der Waals surface area contributed by atoms with E-state index in [9.17, 15) is 9.59 Å². The van der Waals surface area contributed by atoms with Crippen molar-refractivity contribution in [3.63, 3.8) is 0 Å². The van der Waals surface area contributed by atoms with Gasteiger partial charge in [-0.3, -0.25) is 4.79 Å². The van der Waals surface area contributed by atoms with Crippen molar-refractivity contribution in [2.75, 3.05) is 13.1 Å². The molecule has 1 aliphatic carbocycles. The molecule has 0 radical (unpaired) electrons. The van der Waals surface area contributed by atoms with Crippen LogP contribution in [0.3, 0.4) is 0 Å². The first kappa shape index (κ1) is 16.9. The molecule has 1 aromatic heterocycles. The highest BCUT2D eigenvalue weighted by atomic mass is 16.5. The molecule has 0 bridgehead atoms. The van der Waals surface area contributed by atoms with Crippen molar-refractivity contribution in [3.8, 4) is 5.75 Å². The fourth-order valence-electron chi connectivity index (χ4n) is 3.51. The van der Waals surface area contributed by atoms with Gasteiger partial charge in [0.05, 0.1) is 0 Å². The highest BCUT2D eigenvalue weighted by Crippen LogP contribution is 2.20. The van der Waals surface area contributed by atoms with Gasteiger partial charge >= 0.3 is 6.03 Å². The summed E-state index contributed by atoms with van der Waals surface area (Å²) in [6, 6.07) is 3.84. The second kappa shape index (κ2) is 7.28. The molecule has 2 fully saturated rings. The van der Waals surface area contributed by atoms with Gasteiger partial charge in [0.15, 0.2) is 0 Å². The summed E-state index contributed by atoms with van der Waals surface area (Å²) >= 11 is 0. The van der Waals surface area contributed by atoms with Crippen LogP contribution in [0.4, 0.5) is 4.79 Å². The van der Waals surface area contributed by atoms with E-state index in [0.29, 0.717) is 24.9 Å². The fraction of sp³-hybridized carbons (Fsp3) is 0.667. The molecule has 1 aromatic rings. The van der Waals surface area contributed by atoms with Gasteiger partial charge in [-0.1, -0.05) is 12.8 Å². The van der Waals surface area contributed by atoms with E-state index in [2.05, 4.69) is 5.32 Å². The highest BCUT2D eigenvalue weighted by Gasteiger charge is 2.26. The smallest absolute Gasteiger partial charge is 0.317 e. The zero-order valence-corrected chi connectivity index (χ0v) is 14.6. The van der Waals surface area contributed by atoms with Crippen LogP contribution in [0.1, 0.15) is 44.2 Å². The molecule has 1 saturated carbocycles. The third-order valence-corrected chi connectivity index (χ3v) is 5.19. The number of amides is 2. The molecule has 1 aliphatic heterocycles. The van der Waals surface area contributed by atoms with Crippen molar-refractivity contribution in [3.05, 3.63) is 28.2 Å². The molecule has 2 aliphatic rings. The largest absolute Gasteiger partial charge is 0.490 e. The Hall–Kier alpha value is -1.98. The van der Waals surface area contributed by atoms with Gasteiger partial charge in [-0.05, 0) is 25.8 Å². The van der Waals surface area contributed by atoms with Gasteiger partial charge in [0, 0.05) is 50.8 Å². The Morgan fingerprint density at radius 2 is 1.83 bits per heavy atom. The minimum Gasteiger partial charge on any atom is -0.490 e. The van der Waals surface area contributed by atoms with Gasteiger partial charge in [0.1, 0.15) is 11.9 Å². The molecule has 3 rings (SSSR count). The topological polar surface area (TPSA) is 63.6 Å². The molecule has 0 aromatic carbocycles. The van der Waals surface area contributed by atoms with Crippen molar-refractivity contribution >= 4 is 6.03 Å². The van der Waals surface area contributed by atoms with Gasteiger partial charge in [0.25, 0.3) is 5.56 Å². The van der Waals surface area contributed by atoms with E-state index in [-0.39, 0.29) is 17.7 Å². The Kier molecular flexibility index (Phi) is 5.11. The standard InChI is InChI=1S/C18H27N3O3/c1-13-11-16(12-17(22)20(13)2)24-15-7-9-21(10-8-15)18(23)19-14-5-3-4-6-14/h11-12,14-15H,3-10H2,1-2H3,(H,19,23). The minimum absolute atomic E-state index is 0.0571. The lowest BCUT2D eigenvalue weighted by atomic mass is 10.1. The van der Waals surface area contributed by atoms with Gasteiger partial charge in [-0.15, -0.1) is 0 Å². The molecular formula is C18H27N3O3. The molecular weight excluding hydrogens is 306 g/mol. The number of hydrogen-bond acceptors (Lipinski definition) is 3. The molecule has 0 spiro atoms. The SMILES string of the molecule is Cc1cc(OC2CCN(C(=O)NC3CCCC3)CC2)cc(=O)n1C. The quantitative estimate of drug-likeness (QED) is 0.922. The average Bonchev–Trinajstić information content (AvgIpc) is 3.06. The summed E-state index contributed by atoms with van der Waals surface area (Å²) in [5, 5.41) is 3.14. The number of hydrogen-bond donors (Lipinski definition) is 1. The Morgan fingerprint density at radius 3 is 2.46 bits per heavy atom. The van der Waals surface area contributed by atoms with E-state index in [1.807, 2.05) is 17.9 Å². The molecule has 1 N–H and O–H groups in total. The lowest BCUT2D eigenvalue weighted by molar-refractivity contribution is 0.109. The van der Waals surface area contributed by atoms with Gasteiger partial charge in [-0.25, -0.2) is 4.79 Å². The summed E-state index contributed by atoms with van der Waals surface area (Å²) in [4.78, 5) is 26.0. The van der Waals surface area contributed by atoms with Crippen LogP contribution in [-0.4, -0.2) is 40.7 Å². The number of aromatic nitrogens is 1. The van der Waals surface area contributed by atoms with Crippen molar-refractivity contribution in [2.24, 2.45) is 7.05 Å². The molecule has 2 amide bonds. The number of aryl methyl sites for hydroxylation is 1. The van der Waals surface area contributed by atoms with Crippen LogP contribution in [0.25, 0.3) is 0 Å². The first-order valence-corrected chi connectivity index (χ1v) is 8.92. The summed E-state index contributed by atoms with van der Waals surface area (Å²) in [6.45, 7) is 3.30. The van der Waals surface area contributed by atoms with Crippen molar-refractivity contribution in [2.45, 2.75) is 57.6 Å². The third kappa shape index (κ3) is 3.91. The Morgan fingerprint density at radius 1 is 1.17 bits per heavy atom. The molecule has 24 heavy (non-hydrogen) atoms. The van der Waals surface area contributed by atoms with Gasteiger partial charge in [-0.2, -0.15) is 0 Å². The fourth-order valence-corrected chi connectivity index (χ4v) is 3.51. The number of ether oxygens (including phenoxy) is 1. The van der Waals surface area contributed by atoms with Gasteiger partial charge < -0.3 is 19.5 Å². The molecule has 1 saturated heterocycles. The van der Waals surface area contributed by atoms with Crippen molar-refractivity contribution in [1.82, 2.24) is 14.8 Å². The van der Waals surface area contributed by atoms with Crippen molar-refractivity contribution < 1.29 is 9.53 Å². The van der Waals surface area contributed by atoms with E-state index < -0.39 is 0 Å². The number of pyridine rings is 1. The molecule has 6 nitrogen and oxygen atoms in total. The lowest BCUT2D eigenvalue weighted by Crippen LogP contribution is -2.48. The first-order chi connectivity index (χ1) is 11.5. The molecule has 2 heterocycles. The summed E-state index contributed by atoms with van der Waals surface area (Å²) in [5.41, 5.74) is 0.823. The molecule has 0 unspecified atom stereocenters. The average molecular weight is 333 g/mol. The van der Waals surface area contributed by atoms with E-state index in [1.165, 1.54) is 18.9 Å². The van der Waals surface area contributed by atoms with Crippen LogP contribution >= 0.6 is 0 Å². The van der Waals surface area contributed by atoms with Crippen LogP contribution in [-0.2, 0) is 7.05 Å². The number of carbonyl (C=O) groups excluding carboxylic acids is 1. The molecule has 132 valence electrons. The van der Waals surface area contributed by atoms with E-state index in [1.54, 1.807) is 11.6 Å². The predicted molar refractivity (Wildman–Crippen MR) is 92.4 cm³/mol. The Balaban J connectivity index is 1.50. The number of nitrogens with one attached hydrogen (secondary N) is 1. The molecule has 0 atom stereocenters. The monoisotopic (exact) mass is 333 g/mol. The zero-order valence-electron chi connectivity index (χ0n) is 14.6. The zero-order chi connectivity index (χ0) is 17.1. The van der Waals surface area contributed by atoms with Crippen molar-refractivity contribution in [1.29, 1.82) is 0 Å². The van der Waals surface area contributed by atoms with E-state index in [4.69, 9.17) is 4.74 Å². The summed E-state index contributed by atoms with van der Waals surface area (Å²) in [6.07, 6.45) is 6.31. The lowest BCUT2D eigenvalue weighted by Gasteiger charge is -2.33. The van der Waals surface area contributed by atoms with E-state index >= 15 is 0 Å². The summed E-state index contributed by atoms with van der Waals surface area (Å²) in [7, 11) is 1.75. The first-order valence-electron chi connectivity index (χ1n) is 8.92. The number of piperidine rings is 1. The van der Waals surface area contributed by atoms with Gasteiger partial charge in [0.2, 0.25) is 0 Å². The van der Waals surface area contributed by atoms with Crippen LogP contribution in [0.2, 0.25) is 0 Å². The minimum atomic E-state index is -0.0571. The Labute approximate surface area is 142 Å². The normalized spacial score (nSPS) is 19.5. The highest BCUT2D eigenvalue weighted by molar-refractivity contribution is 5.74. The van der Waals surface area contributed by atoms with Crippen LogP contribution in [0.5, 0.6) is 5.75 Å². The maximum atomic E-state index is 12.3. The summed E-state index contributed by atoms with van der Waals surface area (Å²) < 4.78 is 7.56. The number of likely N-dealkylation sites (tertiary alicyclic amines) is 1. The third-order valence-electron chi connectivity index (χ3n) is 5.19. The number of urea groups is 1. The maximum Gasteiger partial charge on any atom is 0.317 e. The predicted octanol–water partition coefficient (Wildman–Crippen LogP) is 2.19. The number of carbonyl (C=O) groups is 1. The number of nitrogens with zero attached hydrogens (tertiary/aromatic N) is 2. The maximum absolute atomic E-state index is 12.3. The second-order valence-electron chi connectivity index (χ2n) is 6.96. The Bertz CT molecular complexity index is 641. The number of rotatable bonds is 3. The molecule has 6 heteroatoms.